The van der Waals surface area contributed by atoms with Gasteiger partial charge in [0.05, 0.1) is 24.6 Å². The van der Waals surface area contributed by atoms with Crippen molar-refractivity contribution in [2.24, 2.45) is 0 Å². The minimum Gasteiger partial charge on any atom is -1.00 e. The van der Waals surface area contributed by atoms with Gasteiger partial charge in [-0.15, -0.1) is 0 Å². The van der Waals surface area contributed by atoms with Crippen LogP contribution in [0.5, 0.6) is 0 Å². The Labute approximate surface area is 224 Å². The van der Waals surface area contributed by atoms with Gasteiger partial charge in [-0.1, -0.05) is 118 Å². The van der Waals surface area contributed by atoms with Crippen molar-refractivity contribution in [3.8, 4) is 0 Å². The summed E-state index contributed by atoms with van der Waals surface area (Å²) in [6.45, 7) is 9.39. The van der Waals surface area contributed by atoms with Gasteiger partial charge in [0.2, 0.25) is 0 Å². The van der Waals surface area contributed by atoms with E-state index in [-0.39, 0.29) is 24.0 Å². The zero-order chi connectivity index (χ0) is 22.9. The monoisotopic (exact) mass is 582 g/mol. The molecule has 0 heterocycles. The third-order valence-electron chi connectivity index (χ3n) is 7.44. The molecule has 0 aromatic heterocycles. The van der Waals surface area contributed by atoms with Gasteiger partial charge in [0, 0.05) is 7.26 Å². The van der Waals surface area contributed by atoms with Crippen LogP contribution in [0.15, 0.2) is 0 Å². The summed E-state index contributed by atoms with van der Waals surface area (Å²) in [4.78, 5) is 0. The standard InChI is InChI=1S/C30H64P.HI/c1-5-9-13-17-20-24-28-31(27-23-16-12-8-4,29-25-21-18-14-10-6-2)30-26-22-19-15-11-7-3;/h5-30H2,1-4H3;1H/q+1;/p-1. The van der Waals surface area contributed by atoms with Crippen molar-refractivity contribution >= 4 is 7.26 Å². The van der Waals surface area contributed by atoms with Crippen LogP contribution >= 0.6 is 7.26 Å². The Morgan fingerprint density at radius 1 is 0.281 bits per heavy atom. The third-order valence-corrected chi connectivity index (χ3v) is 12.5. The highest BCUT2D eigenvalue weighted by Crippen LogP contribution is 2.61. The van der Waals surface area contributed by atoms with E-state index in [0.717, 1.165) is 0 Å². The summed E-state index contributed by atoms with van der Waals surface area (Å²) in [5.74, 6) is 0. The summed E-state index contributed by atoms with van der Waals surface area (Å²) in [5, 5.41) is 0. The van der Waals surface area contributed by atoms with Crippen LogP contribution < -0.4 is 24.0 Å². The molecule has 0 saturated carbocycles. The molecular weight excluding hydrogens is 518 g/mol. The predicted octanol–water partition coefficient (Wildman–Crippen LogP) is 8.67. The molecule has 196 valence electrons. The van der Waals surface area contributed by atoms with Crippen LogP contribution in [0.1, 0.15) is 169 Å². The molecule has 0 unspecified atom stereocenters. The van der Waals surface area contributed by atoms with E-state index in [9.17, 15) is 0 Å². The Morgan fingerprint density at radius 2 is 0.469 bits per heavy atom. The van der Waals surface area contributed by atoms with E-state index in [0.29, 0.717) is 0 Å². The third kappa shape index (κ3) is 22.9. The van der Waals surface area contributed by atoms with E-state index in [1.54, 1.807) is 50.3 Å². The molecule has 32 heavy (non-hydrogen) atoms. The maximum absolute atomic E-state index is 2.37. The van der Waals surface area contributed by atoms with Gasteiger partial charge in [0.1, 0.15) is 0 Å². The molecule has 0 spiro atoms. The smallest absolute Gasteiger partial charge is 0.0594 e. The first-order valence-electron chi connectivity index (χ1n) is 15.1. The van der Waals surface area contributed by atoms with Crippen molar-refractivity contribution < 1.29 is 24.0 Å². The maximum Gasteiger partial charge on any atom is 0.0594 e. The average Bonchev–Trinajstić information content (AvgIpc) is 2.78. The second-order valence-electron chi connectivity index (χ2n) is 10.6. The topological polar surface area (TPSA) is 0 Å². The first-order chi connectivity index (χ1) is 15.2. The minimum atomic E-state index is -0.703. The molecule has 2 heteroatoms. The van der Waals surface area contributed by atoms with E-state index >= 15 is 0 Å². The van der Waals surface area contributed by atoms with E-state index in [1.165, 1.54) is 116 Å². The van der Waals surface area contributed by atoms with Crippen LogP contribution in [0.3, 0.4) is 0 Å². The largest absolute Gasteiger partial charge is 1.00 e. The van der Waals surface area contributed by atoms with Gasteiger partial charge in [-0.2, -0.15) is 0 Å². The first kappa shape index (κ1) is 35.3. The van der Waals surface area contributed by atoms with Crippen LogP contribution in [-0.2, 0) is 0 Å². The molecule has 0 aliphatic rings. The lowest BCUT2D eigenvalue weighted by Gasteiger charge is -2.28. The van der Waals surface area contributed by atoms with Crippen LogP contribution in [0.4, 0.5) is 0 Å². The number of rotatable bonds is 26. The fourth-order valence-electron chi connectivity index (χ4n) is 5.23. The van der Waals surface area contributed by atoms with E-state index in [2.05, 4.69) is 27.7 Å². The van der Waals surface area contributed by atoms with Gasteiger partial charge < -0.3 is 24.0 Å². The SMILES string of the molecule is CCCCCCCC[P+](CCCCCC)(CCCCCCCC)CCCCCCCC.[I-]. The lowest BCUT2D eigenvalue weighted by molar-refractivity contribution is -0.00000711. The van der Waals surface area contributed by atoms with Gasteiger partial charge in [-0.3, -0.25) is 0 Å². The Hall–Kier alpha value is 1.16. The average molecular weight is 583 g/mol. The van der Waals surface area contributed by atoms with Crippen molar-refractivity contribution in [1.29, 1.82) is 0 Å². The second kappa shape index (κ2) is 28.4. The lowest BCUT2D eigenvalue weighted by atomic mass is 10.1. The highest BCUT2D eigenvalue weighted by Gasteiger charge is 2.34. The molecule has 0 N–H and O–H groups in total. The van der Waals surface area contributed by atoms with Gasteiger partial charge in [0.25, 0.3) is 0 Å². The minimum absolute atomic E-state index is 0. The van der Waals surface area contributed by atoms with Crippen molar-refractivity contribution in [1.82, 2.24) is 0 Å². The second-order valence-corrected chi connectivity index (χ2v) is 15.1. The summed E-state index contributed by atoms with van der Waals surface area (Å²) < 4.78 is 0. The van der Waals surface area contributed by atoms with Crippen molar-refractivity contribution in [3.05, 3.63) is 0 Å². The van der Waals surface area contributed by atoms with Gasteiger partial charge in [-0.25, -0.2) is 0 Å². The Morgan fingerprint density at radius 3 is 0.719 bits per heavy atom. The molecule has 0 radical (unpaired) electrons. The van der Waals surface area contributed by atoms with Crippen LogP contribution in [-0.4, -0.2) is 24.6 Å². The highest BCUT2D eigenvalue weighted by atomic mass is 127. The maximum atomic E-state index is 2.37. The summed E-state index contributed by atoms with van der Waals surface area (Å²) in [6.07, 6.45) is 39.1. The molecule has 0 nitrogen and oxygen atoms in total. The molecule has 0 rings (SSSR count). The molecule has 0 amide bonds. The normalized spacial score (nSPS) is 11.6. The summed E-state index contributed by atoms with van der Waals surface area (Å²) >= 11 is 0. The van der Waals surface area contributed by atoms with Crippen molar-refractivity contribution in [2.45, 2.75) is 169 Å². The molecule has 0 aromatic carbocycles. The zero-order valence-electron chi connectivity index (χ0n) is 23.2. The van der Waals surface area contributed by atoms with Crippen LogP contribution in [0, 0.1) is 0 Å². The molecule has 0 atom stereocenters. The summed E-state index contributed by atoms with van der Waals surface area (Å²) in [7, 11) is -0.703. The lowest BCUT2D eigenvalue weighted by Crippen LogP contribution is -3.00. The first-order valence-corrected chi connectivity index (χ1v) is 17.6. The number of hydrogen-bond acceptors (Lipinski definition) is 0. The molecule has 0 fully saturated rings. The number of halogens is 1. The fraction of sp³-hybridized carbons (Fsp3) is 1.00. The van der Waals surface area contributed by atoms with Crippen LogP contribution in [0.25, 0.3) is 0 Å². The van der Waals surface area contributed by atoms with E-state index < -0.39 is 7.26 Å². The molecule has 0 bridgehead atoms. The predicted molar refractivity (Wildman–Crippen MR) is 151 cm³/mol. The Balaban J connectivity index is 0. The summed E-state index contributed by atoms with van der Waals surface area (Å²) in [6, 6.07) is 0. The number of hydrogen-bond donors (Lipinski definition) is 0. The van der Waals surface area contributed by atoms with Crippen molar-refractivity contribution in [2.75, 3.05) is 24.6 Å². The van der Waals surface area contributed by atoms with Gasteiger partial charge >= 0.3 is 0 Å². The van der Waals surface area contributed by atoms with Crippen LogP contribution in [0.2, 0.25) is 0 Å². The molecular formula is C30H64IP. The van der Waals surface area contributed by atoms with Crippen molar-refractivity contribution in [3.63, 3.8) is 0 Å². The Bertz CT molecular complexity index is 290. The van der Waals surface area contributed by atoms with E-state index in [4.69, 9.17) is 0 Å². The molecule has 0 saturated heterocycles. The fourth-order valence-corrected chi connectivity index (χ4v) is 10.1. The number of unbranched alkanes of at least 4 members (excludes halogenated alkanes) is 18. The summed E-state index contributed by atoms with van der Waals surface area (Å²) in [5.41, 5.74) is 0. The zero-order valence-corrected chi connectivity index (χ0v) is 26.3. The quantitative estimate of drug-likeness (QED) is 0.0544. The Kier molecular flexibility index (Phi) is 31.3. The van der Waals surface area contributed by atoms with Gasteiger partial charge in [-0.05, 0) is 51.4 Å². The molecule has 0 aliphatic carbocycles. The van der Waals surface area contributed by atoms with E-state index in [1.807, 2.05) is 0 Å². The molecule has 0 aromatic rings. The molecule has 0 aliphatic heterocycles. The van der Waals surface area contributed by atoms with Gasteiger partial charge in [0.15, 0.2) is 0 Å². The highest BCUT2D eigenvalue weighted by molar-refractivity contribution is 7.75.